The SMILES string of the molecule is Cc1ccc2nc(-c3ccc(NC(=O)Cn4ccc5ccccc54)cc3)sc2c1. The molecule has 0 aliphatic heterocycles. The zero-order chi connectivity index (χ0) is 19.8. The third-order valence-corrected chi connectivity index (χ3v) is 6.02. The summed E-state index contributed by atoms with van der Waals surface area (Å²) in [6.07, 6.45) is 1.95. The van der Waals surface area contributed by atoms with Crippen LogP contribution < -0.4 is 5.32 Å². The molecule has 142 valence electrons. The summed E-state index contributed by atoms with van der Waals surface area (Å²) in [7, 11) is 0. The molecule has 1 N–H and O–H groups in total. The lowest BCUT2D eigenvalue weighted by Crippen LogP contribution is -2.18. The number of thiazole rings is 1. The van der Waals surface area contributed by atoms with Gasteiger partial charge in [0.15, 0.2) is 0 Å². The molecule has 5 rings (SSSR count). The summed E-state index contributed by atoms with van der Waals surface area (Å²) in [6.45, 7) is 2.37. The van der Waals surface area contributed by atoms with Crippen LogP contribution in [0.4, 0.5) is 5.69 Å². The molecule has 1 amide bonds. The highest BCUT2D eigenvalue weighted by Gasteiger charge is 2.09. The Kier molecular flexibility index (Phi) is 4.37. The molecule has 0 atom stereocenters. The molecule has 2 heterocycles. The van der Waals surface area contributed by atoms with Crippen molar-refractivity contribution in [2.45, 2.75) is 13.5 Å². The van der Waals surface area contributed by atoms with Crippen LogP contribution in [0.5, 0.6) is 0 Å². The van der Waals surface area contributed by atoms with Crippen LogP contribution in [0.25, 0.3) is 31.7 Å². The second-order valence-corrected chi connectivity index (χ2v) is 8.15. The quantitative estimate of drug-likeness (QED) is 0.412. The van der Waals surface area contributed by atoms with Gasteiger partial charge in [-0.3, -0.25) is 4.79 Å². The third kappa shape index (κ3) is 3.52. The van der Waals surface area contributed by atoms with Gasteiger partial charge in [0.1, 0.15) is 11.6 Å². The van der Waals surface area contributed by atoms with E-state index >= 15 is 0 Å². The summed E-state index contributed by atoms with van der Waals surface area (Å²) in [5.41, 5.74) is 5.16. The number of anilines is 1. The maximum atomic E-state index is 12.5. The fraction of sp³-hybridized carbons (Fsp3) is 0.0833. The zero-order valence-electron chi connectivity index (χ0n) is 15.9. The van der Waals surface area contributed by atoms with Crippen LogP contribution in [-0.2, 0) is 11.3 Å². The van der Waals surface area contributed by atoms with Gasteiger partial charge in [0.25, 0.3) is 0 Å². The van der Waals surface area contributed by atoms with Gasteiger partial charge in [-0.15, -0.1) is 11.3 Å². The Morgan fingerprint density at radius 3 is 2.72 bits per heavy atom. The van der Waals surface area contributed by atoms with E-state index in [0.29, 0.717) is 0 Å². The van der Waals surface area contributed by atoms with Gasteiger partial charge in [-0.05, 0) is 66.4 Å². The molecule has 5 heteroatoms. The molecule has 0 bridgehead atoms. The number of carbonyl (C=O) groups excluding carboxylic acids is 1. The van der Waals surface area contributed by atoms with Gasteiger partial charge in [-0.25, -0.2) is 4.98 Å². The van der Waals surface area contributed by atoms with E-state index in [1.165, 1.54) is 10.3 Å². The Labute approximate surface area is 172 Å². The van der Waals surface area contributed by atoms with Gasteiger partial charge in [-0.1, -0.05) is 24.3 Å². The van der Waals surface area contributed by atoms with Gasteiger partial charge < -0.3 is 9.88 Å². The van der Waals surface area contributed by atoms with Crippen molar-refractivity contribution in [3.63, 3.8) is 0 Å². The van der Waals surface area contributed by atoms with E-state index in [4.69, 9.17) is 4.98 Å². The summed E-state index contributed by atoms with van der Waals surface area (Å²) in [5.74, 6) is -0.0467. The second-order valence-electron chi connectivity index (χ2n) is 7.12. The van der Waals surface area contributed by atoms with Crippen molar-refractivity contribution in [1.29, 1.82) is 0 Å². The first-order valence-electron chi connectivity index (χ1n) is 9.47. The molecule has 29 heavy (non-hydrogen) atoms. The fourth-order valence-electron chi connectivity index (χ4n) is 3.49. The summed E-state index contributed by atoms with van der Waals surface area (Å²) in [6, 6.07) is 24.3. The Balaban J connectivity index is 1.31. The predicted molar refractivity (Wildman–Crippen MR) is 120 cm³/mol. The average molecular weight is 398 g/mol. The first-order chi connectivity index (χ1) is 14.2. The molecule has 0 aliphatic carbocycles. The van der Waals surface area contributed by atoms with E-state index in [2.05, 4.69) is 30.4 Å². The smallest absolute Gasteiger partial charge is 0.244 e. The van der Waals surface area contributed by atoms with Crippen LogP contribution in [0.15, 0.2) is 79.0 Å². The van der Waals surface area contributed by atoms with E-state index in [-0.39, 0.29) is 12.5 Å². The number of hydrogen-bond acceptors (Lipinski definition) is 3. The zero-order valence-corrected chi connectivity index (χ0v) is 16.7. The van der Waals surface area contributed by atoms with Gasteiger partial charge in [-0.2, -0.15) is 0 Å². The molecule has 2 aromatic heterocycles. The minimum Gasteiger partial charge on any atom is -0.338 e. The Morgan fingerprint density at radius 2 is 1.86 bits per heavy atom. The Morgan fingerprint density at radius 1 is 1.03 bits per heavy atom. The number of benzene rings is 3. The second kappa shape index (κ2) is 7.18. The topological polar surface area (TPSA) is 46.9 Å². The highest BCUT2D eigenvalue weighted by atomic mass is 32.1. The minimum absolute atomic E-state index is 0.0467. The molecule has 0 saturated heterocycles. The summed E-state index contributed by atoms with van der Waals surface area (Å²) < 4.78 is 3.15. The summed E-state index contributed by atoms with van der Waals surface area (Å²) in [5, 5.41) is 5.10. The molecular formula is C24H19N3OS. The number of aryl methyl sites for hydroxylation is 1. The summed E-state index contributed by atoms with van der Waals surface area (Å²) >= 11 is 1.69. The first kappa shape index (κ1) is 17.6. The van der Waals surface area contributed by atoms with Gasteiger partial charge in [0, 0.05) is 23.0 Å². The lowest BCUT2D eigenvalue weighted by atomic mass is 10.2. The van der Waals surface area contributed by atoms with E-state index in [9.17, 15) is 4.79 Å². The predicted octanol–water partition coefficient (Wildman–Crippen LogP) is 5.87. The van der Waals surface area contributed by atoms with Crippen molar-refractivity contribution in [2.75, 3.05) is 5.32 Å². The van der Waals surface area contributed by atoms with E-state index in [1.807, 2.05) is 65.4 Å². The standard InChI is InChI=1S/C24H19N3OS/c1-16-6-11-20-22(14-16)29-24(26-20)18-7-9-19(10-8-18)25-23(28)15-27-13-12-17-4-2-3-5-21(17)27/h2-14H,15H2,1H3,(H,25,28). The van der Waals surface area contributed by atoms with Crippen LogP contribution in [0.3, 0.4) is 0 Å². The lowest BCUT2D eigenvalue weighted by Gasteiger charge is -2.08. The van der Waals surface area contributed by atoms with Crippen molar-refractivity contribution < 1.29 is 4.79 Å². The normalized spacial score (nSPS) is 11.2. The van der Waals surface area contributed by atoms with Crippen LogP contribution in [-0.4, -0.2) is 15.5 Å². The molecule has 0 radical (unpaired) electrons. The van der Waals surface area contributed by atoms with Crippen molar-refractivity contribution >= 4 is 44.1 Å². The van der Waals surface area contributed by atoms with Crippen LogP contribution in [0.1, 0.15) is 5.56 Å². The van der Waals surface area contributed by atoms with Crippen molar-refractivity contribution in [1.82, 2.24) is 9.55 Å². The van der Waals surface area contributed by atoms with Gasteiger partial charge in [0.05, 0.1) is 10.2 Å². The molecule has 5 aromatic rings. The Bertz CT molecular complexity index is 1330. The van der Waals surface area contributed by atoms with Crippen molar-refractivity contribution in [3.05, 3.63) is 84.6 Å². The molecule has 0 aliphatic rings. The summed E-state index contributed by atoms with van der Waals surface area (Å²) in [4.78, 5) is 17.2. The number of amides is 1. The van der Waals surface area contributed by atoms with E-state index in [1.54, 1.807) is 11.3 Å². The maximum Gasteiger partial charge on any atom is 0.244 e. The molecule has 0 unspecified atom stereocenters. The molecule has 3 aromatic carbocycles. The molecule has 0 fully saturated rings. The number of hydrogen-bond donors (Lipinski definition) is 1. The van der Waals surface area contributed by atoms with Crippen LogP contribution >= 0.6 is 11.3 Å². The molecule has 0 saturated carbocycles. The minimum atomic E-state index is -0.0467. The van der Waals surface area contributed by atoms with E-state index in [0.717, 1.165) is 32.7 Å². The fourth-order valence-corrected chi connectivity index (χ4v) is 4.55. The number of aromatic nitrogens is 2. The Hall–Kier alpha value is -3.44. The van der Waals surface area contributed by atoms with Crippen molar-refractivity contribution in [3.8, 4) is 10.6 Å². The van der Waals surface area contributed by atoms with Crippen LogP contribution in [0, 0.1) is 6.92 Å². The number of carbonyl (C=O) groups is 1. The van der Waals surface area contributed by atoms with Gasteiger partial charge in [0.2, 0.25) is 5.91 Å². The van der Waals surface area contributed by atoms with Crippen LogP contribution in [0.2, 0.25) is 0 Å². The highest BCUT2D eigenvalue weighted by molar-refractivity contribution is 7.21. The number of rotatable bonds is 4. The van der Waals surface area contributed by atoms with Gasteiger partial charge >= 0.3 is 0 Å². The molecule has 0 spiro atoms. The number of fused-ring (bicyclic) bond motifs is 2. The average Bonchev–Trinajstić information content (AvgIpc) is 3.32. The molecule has 4 nitrogen and oxygen atoms in total. The molecular weight excluding hydrogens is 378 g/mol. The third-order valence-electron chi connectivity index (χ3n) is 4.95. The number of para-hydroxylation sites is 1. The van der Waals surface area contributed by atoms with Crippen molar-refractivity contribution in [2.24, 2.45) is 0 Å². The number of nitrogens with zero attached hydrogens (tertiary/aromatic N) is 2. The maximum absolute atomic E-state index is 12.5. The van der Waals surface area contributed by atoms with E-state index < -0.39 is 0 Å². The first-order valence-corrected chi connectivity index (χ1v) is 10.3. The highest BCUT2D eigenvalue weighted by Crippen LogP contribution is 2.31. The lowest BCUT2D eigenvalue weighted by molar-refractivity contribution is -0.116. The number of nitrogens with one attached hydrogen (secondary N) is 1. The monoisotopic (exact) mass is 397 g/mol. The largest absolute Gasteiger partial charge is 0.338 e.